The number of aromatic nitrogens is 1. The lowest BCUT2D eigenvalue weighted by Crippen LogP contribution is -2.51. The minimum atomic E-state index is 0.730. The van der Waals surface area contributed by atoms with Crippen LogP contribution in [0.3, 0.4) is 0 Å². The highest BCUT2D eigenvalue weighted by molar-refractivity contribution is 5.08. The second kappa shape index (κ2) is 7.16. The van der Waals surface area contributed by atoms with Crippen LogP contribution >= 0.6 is 0 Å². The Kier molecular flexibility index (Phi) is 5.01. The smallest absolute Gasteiger partial charge is 0.0312 e. The summed E-state index contributed by atoms with van der Waals surface area (Å²) in [5.74, 6) is 0. The number of rotatable bonds is 4. The van der Waals surface area contributed by atoms with Crippen LogP contribution in [0.15, 0.2) is 24.5 Å². The molecule has 2 aliphatic rings. The molecule has 0 unspecified atom stereocenters. The van der Waals surface area contributed by atoms with E-state index in [2.05, 4.69) is 26.2 Å². The van der Waals surface area contributed by atoms with Crippen molar-refractivity contribution in [2.75, 3.05) is 39.3 Å². The van der Waals surface area contributed by atoms with Gasteiger partial charge in [0, 0.05) is 57.7 Å². The fourth-order valence-electron chi connectivity index (χ4n) is 3.27. The molecular formula is C16H26N4. The van der Waals surface area contributed by atoms with Gasteiger partial charge in [-0.15, -0.1) is 0 Å². The summed E-state index contributed by atoms with van der Waals surface area (Å²) in [7, 11) is 0. The highest BCUT2D eigenvalue weighted by Crippen LogP contribution is 2.11. The van der Waals surface area contributed by atoms with Crippen molar-refractivity contribution < 1.29 is 0 Å². The van der Waals surface area contributed by atoms with Gasteiger partial charge in [0.2, 0.25) is 0 Å². The Balaban J connectivity index is 1.40. The van der Waals surface area contributed by atoms with E-state index in [1.54, 1.807) is 0 Å². The van der Waals surface area contributed by atoms with Gasteiger partial charge in [0.15, 0.2) is 0 Å². The van der Waals surface area contributed by atoms with Crippen molar-refractivity contribution in [3.8, 4) is 0 Å². The first-order valence-electron chi connectivity index (χ1n) is 7.97. The standard InChI is InChI=1S/C16H26N4/c1-2-7-18-16(5-1)14-20-10-8-19(9-11-20)13-15-4-3-6-17-12-15/h3-4,6,12,16,18H,1-2,5,7-11,13-14H2/t16-/m0/s1. The zero-order chi connectivity index (χ0) is 13.6. The molecule has 2 fully saturated rings. The Morgan fingerprint density at radius 3 is 2.70 bits per heavy atom. The van der Waals surface area contributed by atoms with E-state index in [4.69, 9.17) is 0 Å². The van der Waals surface area contributed by atoms with E-state index >= 15 is 0 Å². The molecule has 0 aromatic carbocycles. The van der Waals surface area contributed by atoms with Crippen molar-refractivity contribution in [3.05, 3.63) is 30.1 Å². The second-order valence-electron chi connectivity index (χ2n) is 6.08. The van der Waals surface area contributed by atoms with Gasteiger partial charge in [-0.2, -0.15) is 0 Å². The first-order valence-corrected chi connectivity index (χ1v) is 7.97. The zero-order valence-corrected chi connectivity index (χ0v) is 12.3. The predicted octanol–water partition coefficient (Wildman–Crippen LogP) is 1.34. The van der Waals surface area contributed by atoms with E-state index in [-0.39, 0.29) is 0 Å². The summed E-state index contributed by atoms with van der Waals surface area (Å²) in [6.07, 6.45) is 7.95. The van der Waals surface area contributed by atoms with Crippen LogP contribution in [0.25, 0.3) is 0 Å². The monoisotopic (exact) mass is 274 g/mol. The Bertz CT molecular complexity index is 381. The van der Waals surface area contributed by atoms with E-state index in [9.17, 15) is 0 Å². The van der Waals surface area contributed by atoms with Gasteiger partial charge in [0.1, 0.15) is 0 Å². The molecule has 2 aliphatic heterocycles. The van der Waals surface area contributed by atoms with Gasteiger partial charge in [0.05, 0.1) is 0 Å². The molecule has 2 saturated heterocycles. The molecule has 4 heteroatoms. The molecule has 0 amide bonds. The van der Waals surface area contributed by atoms with Crippen LogP contribution in [-0.2, 0) is 6.54 Å². The molecule has 1 N–H and O–H groups in total. The van der Waals surface area contributed by atoms with Crippen molar-refractivity contribution in [2.45, 2.75) is 31.8 Å². The summed E-state index contributed by atoms with van der Waals surface area (Å²) in [4.78, 5) is 9.37. The lowest BCUT2D eigenvalue weighted by molar-refractivity contribution is 0.114. The fourth-order valence-corrected chi connectivity index (χ4v) is 3.27. The van der Waals surface area contributed by atoms with Crippen molar-refractivity contribution in [1.29, 1.82) is 0 Å². The molecule has 0 bridgehead atoms. The minimum absolute atomic E-state index is 0.730. The largest absolute Gasteiger partial charge is 0.313 e. The Morgan fingerprint density at radius 1 is 1.15 bits per heavy atom. The topological polar surface area (TPSA) is 31.4 Å². The van der Waals surface area contributed by atoms with Crippen molar-refractivity contribution in [1.82, 2.24) is 20.1 Å². The van der Waals surface area contributed by atoms with Gasteiger partial charge in [-0.3, -0.25) is 14.8 Å². The average molecular weight is 274 g/mol. The highest BCUT2D eigenvalue weighted by atomic mass is 15.3. The maximum absolute atomic E-state index is 4.20. The summed E-state index contributed by atoms with van der Waals surface area (Å²) in [5, 5.41) is 3.65. The molecular weight excluding hydrogens is 248 g/mol. The van der Waals surface area contributed by atoms with Gasteiger partial charge in [-0.05, 0) is 31.0 Å². The van der Waals surface area contributed by atoms with E-state index in [0.29, 0.717) is 0 Å². The molecule has 0 saturated carbocycles. The number of piperazine rings is 1. The molecule has 3 heterocycles. The van der Waals surface area contributed by atoms with E-state index in [1.807, 2.05) is 18.5 Å². The Labute approximate surface area is 122 Å². The minimum Gasteiger partial charge on any atom is -0.313 e. The van der Waals surface area contributed by atoms with Gasteiger partial charge in [0.25, 0.3) is 0 Å². The fraction of sp³-hybridized carbons (Fsp3) is 0.688. The molecule has 0 aliphatic carbocycles. The third-order valence-corrected chi connectivity index (χ3v) is 4.48. The first kappa shape index (κ1) is 14.0. The maximum atomic E-state index is 4.20. The lowest BCUT2D eigenvalue weighted by Gasteiger charge is -2.37. The number of pyridine rings is 1. The molecule has 20 heavy (non-hydrogen) atoms. The van der Waals surface area contributed by atoms with E-state index in [0.717, 1.165) is 12.6 Å². The van der Waals surface area contributed by atoms with Gasteiger partial charge < -0.3 is 5.32 Å². The van der Waals surface area contributed by atoms with Crippen LogP contribution < -0.4 is 5.32 Å². The van der Waals surface area contributed by atoms with E-state index < -0.39 is 0 Å². The van der Waals surface area contributed by atoms with Crippen LogP contribution in [0.5, 0.6) is 0 Å². The summed E-state index contributed by atoms with van der Waals surface area (Å²) in [6, 6.07) is 4.93. The van der Waals surface area contributed by atoms with Gasteiger partial charge in [-0.1, -0.05) is 12.5 Å². The maximum Gasteiger partial charge on any atom is 0.0312 e. The molecule has 1 atom stereocenters. The van der Waals surface area contributed by atoms with Gasteiger partial charge in [-0.25, -0.2) is 0 Å². The number of hydrogen-bond acceptors (Lipinski definition) is 4. The number of hydrogen-bond donors (Lipinski definition) is 1. The molecule has 1 aromatic heterocycles. The highest BCUT2D eigenvalue weighted by Gasteiger charge is 2.21. The molecule has 110 valence electrons. The van der Waals surface area contributed by atoms with Crippen LogP contribution in [0.1, 0.15) is 24.8 Å². The predicted molar refractivity (Wildman–Crippen MR) is 81.6 cm³/mol. The molecule has 0 spiro atoms. The third kappa shape index (κ3) is 4.01. The number of piperidine rings is 1. The normalized spacial score (nSPS) is 25.7. The zero-order valence-electron chi connectivity index (χ0n) is 12.3. The Morgan fingerprint density at radius 2 is 2.00 bits per heavy atom. The first-order chi connectivity index (χ1) is 9.90. The van der Waals surface area contributed by atoms with Crippen LogP contribution in [0.4, 0.5) is 0 Å². The van der Waals surface area contributed by atoms with Crippen molar-refractivity contribution in [3.63, 3.8) is 0 Å². The third-order valence-electron chi connectivity index (χ3n) is 4.48. The Hall–Kier alpha value is -0.970. The van der Waals surface area contributed by atoms with Crippen molar-refractivity contribution >= 4 is 0 Å². The SMILES string of the molecule is c1cncc(CN2CCN(C[C@@H]3CCCCN3)CC2)c1. The second-order valence-corrected chi connectivity index (χ2v) is 6.08. The average Bonchev–Trinajstić information content (AvgIpc) is 2.51. The van der Waals surface area contributed by atoms with Gasteiger partial charge >= 0.3 is 0 Å². The number of nitrogens with zero attached hydrogens (tertiary/aromatic N) is 3. The van der Waals surface area contributed by atoms with Crippen LogP contribution in [0.2, 0.25) is 0 Å². The van der Waals surface area contributed by atoms with Crippen LogP contribution in [-0.4, -0.2) is 60.1 Å². The molecule has 1 aromatic rings. The number of nitrogens with one attached hydrogen (secondary N) is 1. The van der Waals surface area contributed by atoms with E-state index in [1.165, 1.54) is 64.1 Å². The quantitative estimate of drug-likeness (QED) is 0.898. The summed E-state index contributed by atoms with van der Waals surface area (Å²) >= 11 is 0. The summed E-state index contributed by atoms with van der Waals surface area (Å²) < 4.78 is 0. The van der Waals surface area contributed by atoms with Crippen molar-refractivity contribution in [2.24, 2.45) is 0 Å². The lowest BCUT2D eigenvalue weighted by atomic mass is 10.0. The summed E-state index contributed by atoms with van der Waals surface area (Å²) in [5.41, 5.74) is 1.33. The summed E-state index contributed by atoms with van der Waals surface area (Å²) in [6.45, 7) is 8.27. The molecule has 3 rings (SSSR count). The molecule has 0 radical (unpaired) electrons. The van der Waals surface area contributed by atoms with Crippen LogP contribution in [0, 0.1) is 0 Å². The molecule has 4 nitrogen and oxygen atoms in total.